The Labute approximate surface area is 126 Å². The van der Waals surface area contributed by atoms with E-state index in [2.05, 4.69) is 17.2 Å². The number of rotatable bonds is 3. The van der Waals surface area contributed by atoms with Gasteiger partial charge in [-0.05, 0) is 24.3 Å². The molecule has 1 aromatic heterocycles. The van der Waals surface area contributed by atoms with Crippen LogP contribution in [-0.2, 0) is 6.54 Å². The van der Waals surface area contributed by atoms with Crippen molar-refractivity contribution >= 4 is 17.2 Å². The van der Waals surface area contributed by atoms with E-state index in [0.29, 0.717) is 13.1 Å². The van der Waals surface area contributed by atoms with Crippen molar-refractivity contribution in [1.29, 1.82) is 0 Å². The first-order chi connectivity index (χ1) is 10.1. The SMILES string of the molecule is NCC#Cc1csc(CNC(=O)c2ccc(O)c(O)c2)c1. The minimum absolute atomic E-state index is 0.257. The molecule has 1 amide bonds. The fraction of sp³-hybridized carbons (Fsp3) is 0.133. The molecule has 0 aliphatic heterocycles. The minimum atomic E-state index is -0.326. The van der Waals surface area contributed by atoms with E-state index in [1.54, 1.807) is 0 Å². The third-order valence-corrected chi connectivity index (χ3v) is 3.59. The first-order valence-electron chi connectivity index (χ1n) is 6.16. The maximum atomic E-state index is 11.9. The highest BCUT2D eigenvalue weighted by Crippen LogP contribution is 2.24. The molecule has 0 unspecified atom stereocenters. The van der Waals surface area contributed by atoms with Crippen molar-refractivity contribution in [2.24, 2.45) is 5.73 Å². The van der Waals surface area contributed by atoms with E-state index in [9.17, 15) is 15.0 Å². The van der Waals surface area contributed by atoms with Crippen LogP contribution in [0.3, 0.4) is 0 Å². The summed E-state index contributed by atoms with van der Waals surface area (Å²) >= 11 is 1.50. The Hall–Kier alpha value is -2.49. The average molecular weight is 302 g/mol. The van der Waals surface area contributed by atoms with Gasteiger partial charge in [-0.1, -0.05) is 11.8 Å². The molecular formula is C15H14N2O3S. The van der Waals surface area contributed by atoms with Crippen LogP contribution < -0.4 is 11.1 Å². The number of aromatic hydroxyl groups is 2. The zero-order valence-corrected chi connectivity index (χ0v) is 11.9. The van der Waals surface area contributed by atoms with Crippen LogP contribution in [0.4, 0.5) is 0 Å². The summed E-state index contributed by atoms with van der Waals surface area (Å²) in [5.41, 5.74) is 6.46. The van der Waals surface area contributed by atoms with E-state index in [-0.39, 0.29) is 23.0 Å². The molecule has 0 spiro atoms. The zero-order valence-electron chi connectivity index (χ0n) is 11.1. The highest BCUT2D eigenvalue weighted by atomic mass is 32.1. The summed E-state index contributed by atoms with van der Waals surface area (Å²) < 4.78 is 0. The number of nitrogens with two attached hydrogens (primary N) is 1. The molecule has 0 saturated carbocycles. The van der Waals surface area contributed by atoms with Crippen molar-refractivity contribution in [3.8, 4) is 23.3 Å². The van der Waals surface area contributed by atoms with Crippen LogP contribution >= 0.6 is 11.3 Å². The van der Waals surface area contributed by atoms with Crippen LogP contribution in [0.15, 0.2) is 29.6 Å². The lowest BCUT2D eigenvalue weighted by molar-refractivity contribution is 0.0951. The number of phenolic OH excluding ortho intramolecular Hbond substituents is 2. The average Bonchev–Trinajstić information content (AvgIpc) is 2.93. The number of thiophene rings is 1. The topological polar surface area (TPSA) is 95.6 Å². The molecule has 1 aromatic carbocycles. The molecule has 0 fully saturated rings. The van der Waals surface area contributed by atoms with E-state index in [1.165, 1.54) is 29.5 Å². The van der Waals surface area contributed by atoms with Crippen LogP contribution in [-0.4, -0.2) is 22.7 Å². The number of carbonyl (C=O) groups is 1. The summed E-state index contributed by atoms with van der Waals surface area (Å²) in [6.07, 6.45) is 0. The molecule has 0 aliphatic carbocycles. The Balaban J connectivity index is 1.97. The number of hydrogen-bond acceptors (Lipinski definition) is 5. The predicted molar refractivity (Wildman–Crippen MR) is 81.2 cm³/mol. The summed E-state index contributed by atoms with van der Waals surface area (Å²) in [6.45, 7) is 0.682. The highest BCUT2D eigenvalue weighted by Gasteiger charge is 2.09. The Kier molecular flexibility index (Phi) is 4.82. The van der Waals surface area contributed by atoms with E-state index in [4.69, 9.17) is 5.73 Å². The normalized spacial score (nSPS) is 9.76. The summed E-state index contributed by atoms with van der Waals surface area (Å²) in [5, 5.41) is 23.2. The van der Waals surface area contributed by atoms with Gasteiger partial charge in [-0.2, -0.15) is 0 Å². The molecule has 0 radical (unpaired) electrons. The molecule has 0 atom stereocenters. The Bertz CT molecular complexity index is 713. The maximum absolute atomic E-state index is 11.9. The number of benzene rings is 1. The molecule has 0 aliphatic rings. The predicted octanol–water partition coefficient (Wildman–Crippen LogP) is 1.40. The number of carbonyl (C=O) groups excluding carboxylic acids is 1. The summed E-state index contributed by atoms with van der Waals surface area (Å²) in [4.78, 5) is 12.9. The van der Waals surface area contributed by atoms with Crippen molar-refractivity contribution in [3.63, 3.8) is 0 Å². The number of amides is 1. The molecule has 0 bridgehead atoms. The van der Waals surface area contributed by atoms with Crippen molar-refractivity contribution in [2.75, 3.05) is 6.54 Å². The smallest absolute Gasteiger partial charge is 0.251 e. The van der Waals surface area contributed by atoms with Gasteiger partial charge in [0.25, 0.3) is 5.91 Å². The lowest BCUT2D eigenvalue weighted by atomic mass is 10.2. The molecule has 0 saturated heterocycles. The molecule has 108 valence electrons. The molecule has 5 N–H and O–H groups in total. The number of nitrogens with one attached hydrogen (secondary N) is 1. The van der Waals surface area contributed by atoms with Crippen molar-refractivity contribution in [3.05, 3.63) is 45.6 Å². The third-order valence-electron chi connectivity index (χ3n) is 2.65. The second-order valence-electron chi connectivity index (χ2n) is 4.19. The molecule has 6 heteroatoms. The molecular weight excluding hydrogens is 288 g/mol. The molecule has 5 nitrogen and oxygen atoms in total. The van der Waals surface area contributed by atoms with E-state index in [1.807, 2.05) is 11.4 Å². The van der Waals surface area contributed by atoms with Gasteiger partial charge in [-0.15, -0.1) is 11.3 Å². The monoisotopic (exact) mass is 302 g/mol. The molecule has 2 aromatic rings. The molecule has 2 rings (SSSR count). The third kappa shape index (κ3) is 3.99. The quantitative estimate of drug-likeness (QED) is 0.509. The molecule has 1 heterocycles. The first-order valence-corrected chi connectivity index (χ1v) is 7.04. The van der Waals surface area contributed by atoms with Gasteiger partial charge < -0.3 is 21.3 Å². The van der Waals surface area contributed by atoms with Crippen LogP contribution in [0, 0.1) is 11.8 Å². The fourth-order valence-corrected chi connectivity index (χ4v) is 2.38. The number of phenols is 2. The summed E-state index contributed by atoms with van der Waals surface area (Å²) in [6, 6.07) is 5.83. The zero-order chi connectivity index (χ0) is 15.2. The summed E-state index contributed by atoms with van der Waals surface area (Å²) in [7, 11) is 0. The van der Waals surface area contributed by atoms with Gasteiger partial charge in [0.15, 0.2) is 11.5 Å². The first kappa shape index (κ1) is 14.9. The Morgan fingerprint density at radius 3 is 2.81 bits per heavy atom. The lowest BCUT2D eigenvalue weighted by Crippen LogP contribution is -2.22. The van der Waals surface area contributed by atoms with Gasteiger partial charge in [0.05, 0.1) is 13.1 Å². The van der Waals surface area contributed by atoms with Crippen molar-refractivity contribution in [2.45, 2.75) is 6.54 Å². The minimum Gasteiger partial charge on any atom is -0.504 e. The second-order valence-corrected chi connectivity index (χ2v) is 5.19. The van der Waals surface area contributed by atoms with Gasteiger partial charge in [0.2, 0.25) is 0 Å². The fourth-order valence-electron chi connectivity index (χ4n) is 1.63. The van der Waals surface area contributed by atoms with Gasteiger partial charge >= 0.3 is 0 Å². The highest BCUT2D eigenvalue weighted by molar-refractivity contribution is 7.10. The van der Waals surface area contributed by atoms with E-state index < -0.39 is 0 Å². The van der Waals surface area contributed by atoms with Crippen LogP contribution in [0.25, 0.3) is 0 Å². The van der Waals surface area contributed by atoms with Crippen LogP contribution in [0.5, 0.6) is 11.5 Å². The van der Waals surface area contributed by atoms with Crippen molar-refractivity contribution < 1.29 is 15.0 Å². The van der Waals surface area contributed by atoms with Crippen LogP contribution in [0.1, 0.15) is 20.8 Å². The van der Waals surface area contributed by atoms with Gasteiger partial charge in [-0.3, -0.25) is 4.79 Å². The van der Waals surface area contributed by atoms with Crippen LogP contribution in [0.2, 0.25) is 0 Å². The van der Waals surface area contributed by atoms with Gasteiger partial charge in [-0.25, -0.2) is 0 Å². The Morgan fingerprint density at radius 2 is 2.10 bits per heavy atom. The second kappa shape index (κ2) is 6.79. The van der Waals surface area contributed by atoms with Gasteiger partial charge in [0, 0.05) is 21.4 Å². The molecule has 21 heavy (non-hydrogen) atoms. The summed E-state index contributed by atoms with van der Waals surface area (Å²) in [5.74, 6) is 4.78. The Morgan fingerprint density at radius 1 is 1.29 bits per heavy atom. The lowest BCUT2D eigenvalue weighted by Gasteiger charge is -2.05. The largest absolute Gasteiger partial charge is 0.504 e. The maximum Gasteiger partial charge on any atom is 0.251 e. The van der Waals surface area contributed by atoms with Crippen molar-refractivity contribution in [1.82, 2.24) is 5.32 Å². The van der Waals surface area contributed by atoms with E-state index in [0.717, 1.165) is 10.4 Å². The standard InChI is InChI=1S/C15H14N2O3S/c16-5-1-2-10-6-12(21-9-10)8-17-15(20)11-3-4-13(18)14(19)7-11/h3-4,6-7,9,18-19H,5,8,16H2,(H,17,20). The van der Waals surface area contributed by atoms with Gasteiger partial charge in [0.1, 0.15) is 0 Å². The number of hydrogen-bond donors (Lipinski definition) is 4. The van der Waals surface area contributed by atoms with E-state index >= 15 is 0 Å².